The number of hydrogen-bond donors (Lipinski definition) is 0. The number of benzene rings is 4. The van der Waals surface area contributed by atoms with Crippen molar-refractivity contribution >= 4 is 17.1 Å². The van der Waals surface area contributed by atoms with E-state index in [0.717, 1.165) is 23.3 Å². The smallest absolute Gasteiger partial charge is 0.131 e. The highest BCUT2D eigenvalue weighted by atomic mass is 16.5. The van der Waals surface area contributed by atoms with E-state index in [1.165, 1.54) is 84.3 Å². The van der Waals surface area contributed by atoms with Gasteiger partial charge in [0, 0.05) is 27.9 Å². The number of para-hydroxylation sites is 2. The Labute approximate surface area is 263 Å². The molecule has 2 heteroatoms. The molecule has 44 heavy (non-hydrogen) atoms. The first-order valence-electron chi connectivity index (χ1n) is 17.2. The highest BCUT2D eigenvalue weighted by molar-refractivity contribution is 5.82. The van der Waals surface area contributed by atoms with Crippen molar-refractivity contribution < 1.29 is 4.74 Å². The molecule has 0 aromatic heterocycles. The molecule has 4 aromatic carbocycles. The summed E-state index contributed by atoms with van der Waals surface area (Å²) in [7, 11) is 0. The molecule has 6 aliphatic rings. The van der Waals surface area contributed by atoms with Gasteiger partial charge in [0.25, 0.3) is 0 Å². The van der Waals surface area contributed by atoms with Crippen molar-refractivity contribution in [2.75, 3.05) is 4.90 Å². The van der Waals surface area contributed by atoms with Gasteiger partial charge in [0.05, 0.1) is 5.69 Å². The van der Waals surface area contributed by atoms with Gasteiger partial charge < -0.3 is 9.64 Å². The molecule has 0 saturated heterocycles. The van der Waals surface area contributed by atoms with Crippen molar-refractivity contribution in [3.05, 3.63) is 113 Å². The van der Waals surface area contributed by atoms with Crippen LogP contribution in [0.2, 0.25) is 0 Å². The monoisotopic (exact) mass is 579 g/mol. The number of nitrogens with zero attached hydrogens (tertiary/aromatic N) is 1. The number of fused-ring (bicyclic) bond motifs is 3. The van der Waals surface area contributed by atoms with E-state index in [2.05, 4.69) is 124 Å². The lowest BCUT2D eigenvalue weighted by Crippen LogP contribution is -2.57. The van der Waals surface area contributed by atoms with Crippen LogP contribution in [-0.4, -0.2) is 0 Å². The van der Waals surface area contributed by atoms with Gasteiger partial charge in [-0.15, -0.1) is 0 Å². The molecule has 1 aliphatic heterocycles. The first-order valence-corrected chi connectivity index (χ1v) is 17.2. The SMILES string of the molecule is CC1(C)CCC(C)(C)c2c(N(c3ccccc3)c3ccc4c(c3)C3(c5ccccc5O4)C4CC5CC(C4)CC3C5)cccc21. The Morgan fingerprint density at radius 2 is 1.20 bits per heavy atom. The van der Waals surface area contributed by atoms with Crippen molar-refractivity contribution in [3.8, 4) is 11.5 Å². The standard InChI is InChI=1S/C42H45NO/c1-40(2)19-20-41(3,4)39-34(40)14-10-15-36(39)43(31-11-6-5-7-12-31)32-17-18-38-35(26-32)42(33-13-8-9-16-37(33)44-38)29-22-27-21-28(24-29)25-30(42)23-27/h5-18,26-30H,19-25H2,1-4H3. The van der Waals surface area contributed by atoms with Crippen LogP contribution in [0.5, 0.6) is 11.5 Å². The fraction of sp³-hybridized carbons (Fsp3) is 0.429. The van der Waals surface area contributed by atoms with Crippen molar-refractivity contribution in [1.82, 2.24) is 0 Å². The second kappa shape index (κ2) is 9.25. The predicted molar refractivity (Wildman–Crippen MR) is 181 cm³/mol. The van der Waals surface area contributed by atoms with Crippen LogP contribution in [-0.2, 0) is 16.2 Å². The molecule has 4 saturated carbocycles. The van der Waals surface area contributed by atoms with Crippen LogP contribution < -0.4 is 9.64 Å². The van der Waals surface area contributed by atoms with E-state index in [4.69, 9.17) is 4.74 Å². The first-order chi connectivity index (χ1) is 21.3. The van der Waals surface area contributed by atoms with Crippen molar-refractivity contribution in [3.63, 3.8) is 0 Å². The molecule has 4 aromatic rings. The van der Waals surface area contributed by atoms with Gasteiger partial charge in [0.15, 0.2) is 0 Å². The van der Waals surface area contributed by atoms with Crippen LogP contribution in [0, 0.1) is 23.7 Å². The third kappa shape index (κ3) is 3.66. The Hall–Kier alpha value is -3.52. The van der Waals surface area contributed by atoms with Crippen LogP contribution in [0.1, 0.15) is 94.9 Å². The van der Waals surface area contributed by atoms with Gasteiger partial charge in [0.1, 0.15) is 11.5 Å². The average molecular weight is 580 g/mol. The van der Waals surface area contributed by atoms with Gasteiger partial charge in [-0.2, -0.15) is 0 Å². The molecule has 4 fully saturated rings. The largest absolute Gasteiger partial charge is 0.457 e. The number of anilines is 3. The van der Waals surface area contributed by atoms with E-state index in [1.807, 2.05) is 0 Å². The molecular weight excluding hydrogens is 534 g/mol. The summed E-state index contributed by atoms with van der Waals surface area (Å²) in [5.74, 6) is 5.35. The van der Waals surface area contributed by atoms with Crippen molar-refractivity contribution in [1.29, 1.82) is 0 Å². The molecule has 1 heterocycles. The van der Waals surface area contributed by atoms with Crippen LogP contribution in [0.15, 0.2) is 91.0 Å². The lowest BCUT2D eigenvalue weighted by Gasteiger charge is -2.63. The van der Waals surface area contributed by atoms with E-state index < -0.39 is 0 Å². The molecule has 0 amide bonds. The normalized spacial score (nSPS) is 29.8. The molecule has 2 nitrogen and oxygen atoms in total. The topological polar surface area (TPSA) is 12.5 Å². The molecule has 224 valence electrons. The second-order valence-corrected chi connectivity index (χ2v) is 16.1. The van der Waals surface area contributed by atoms with Gasteiger partial charge in [0.2, 0.25) is 0 Å². The summed E-state index contributed by atoms with van der Waals surface area (Å²) in [6, 6.07) is 34.3. The van der Waals surface area contributed by atoms with Crippen molar-refractivity contribution in [2.24, 2.45) is 23.7 Å². The summed E-state index contributed by atoms with van der Waals surface area (Å²) in [5.41, 5.74) is 9.96. The molecule has 1 spiro atoms. The summed E-state index contributed by atoms with van der Waals surface area (Å²) < 4.78 is 6.79. The van der Waals surface area contributed by atoms with E-state index in [9.17, 15) is 0 Å². The minimum atomic E-state index is 0.0351. The molecule has 5 aliphatic carbocycles. The highest BCUT2D eigenvalue weighted by Crippen LogP contribution is 2.69. The molecule has 0 atom stereocenters. The van der Waals surface area contributed by atoms with Gasteiger partial charge >= 0.3 is 0 Å². The Morgan fingerprint density at radius 1 is 0.568 bits per heavy atom. The number of hydrogen-bond acceptors (Lipinski definition) is 2. The molecule has 0 unspecified atom stereocenters. The first kappa shape index (κ1) is 26.8. The summed E-state index contributed by atoms with van der Waals surface area (Å²) in [5, 5.41) is 0. The van der Waals surface area contributed by atoms with Gasteiger partial charge in [-0.05, 0) is 133 Å². The molecule has 0 radical (unpaired) electrons. The van der Waals surface area contributed by atoms with Crippen LogP contribution in [0.4, 0.5) is 17.1 Å². The maximum atomic E-state index is 6.79. The van der Waals surface area contributed by atoms with Gasteiger partial charge in [-0.3, -0.25) is 0 Å². The predicted octanol–water partition coefficient (Wildman–Crippen LogP) is 11.4. The highest BCUT2D eigenvalue weighted by Gasteiger charge is 2.61. The van der Waals surface area contributed by atoms with Crippen molar-refractivity contribution in [2.45, 2.75) is 88.9 Å². The summed E-state index contributed by atoms with van der Waals surface area (Å²) in [6.07, 6.45) is 9.32. The quantitative estimate of drug-likeness (QED) is 0.239. The zero-order valence-corrected chi connectivity index (χ0v) is 26.8. The Balaban J connectivity index is 1.29. The average Bonchev–Trinajstić information content (AvgIpc) is 3.02. The van der Waals surface area contributed by atoms with Gasteiger partial charge in [-0.25, -0.2) is 0 Å². The maximum absolute atomic E-state index is 6.79. The Kier molecular flexibility index (Phi) is 5.65. The van der Waals surface area contributed by atoms with Crippen LogP contribution in [0.3, 0.4) is 0 Å². The molecule has 10 rings (SSSR count). The zero-order chi connectivity index (χ0) is 29.8. The molecule has 0 N–H and O–H groups in total. The minimum absolute atomic E-state index is 0.0351. The summed E-state index contributed by atoms with van der Waals surface area (Å²) in [4.78, 5) is 2.56. The van der Waals surface area contributed by atoms with E-state index in [-0.39, 0.29) is 16.2 Å². The lowest BCUT2D eigenvalue weighted by atomic mass is 9.42. The second-order valence-electron chi connectivity index (χ2n) is 16.1. The number of ether oxygens (including phenoxy) is 1. The molecule has 4 bridgehead atoms. The minimum Gasteiger partial charge on any atom is -0.457 e. The van der Waals surface area contributed by atoms with E-state index in [1.54, 1.807) is 0 Å². The Morgan fingerprint density at radius 3 is 1.95 bits per heavy atom. The Bertz CT molecular complexity index is 1740. The van der Waals surface area contributed by atoms with Crippen LogP contribution >= 0.6 is 0 Å². The fourth-order valence-electron chi connectivity index (χ4n) is 10.9. The number of rotatable bonds is 3. The summed E-state index contributed by atoms with van der Waals surface area (Å²) in [6.45, 7) is 9.77. The maximum Gasteiger partial charge on any atom is 0.131 e. The fourth-order valence-corrected chi connectivity index (χ4v) is 10.9. The van der Waals surface area contributed by atoms with Crippen LogP contribution in [0.25, 0.3) is 0 Å². The van der Waals surface area contributed by atoms with Gasteiger partial charge in [-0.1, -0.05) is 76.2 Å². The third-order valence-electron chi connectivity index (χ3n) is 12.7. The summed E-state index contributed by atoms with van der Waals surface area (Å²) >= 11 is 0. The van der Waals surface area contributed by atoms with E-state index >= 15 is 0 Å². The zero-order valence-electron chi connectivity index (χ0n) is 26.8. The lowest BCUT2D eigenvalue weighted by molar-refractivity contribution is -0.0452. The third-order valence-corrected chi connectivity index (χ3v) is 12.7. The molecular formula is C42H45NO. The van der Waals surface area contributed by atoms with E-state index in [0.29, 0.717) is 11.8 Å².